The highest BCUT2D eigenvalue weighted by molar-refractivity contribution is 5.83. The van der Waals surface area contributed by atoms with Crippen LogP contribution in [0.4, 0.5) is 4.79 Å². The smallest absolute Gasteiger partial charge is 0.410 e. The third-order valence-electron chi connectivity index (χ3n) is 3.36. The second-order valence-corrected chi connectivity index (χ2v) is 6.32. The number of likely N-dealkylation sites (N-methyl/N-ethyl adjacent to an activating group) is 1. The molecule has 1 atom stereocenters. The molecule has 5 nitrogen and oxygen atoms in total. The van der Waals surface area contributed by atoms with E-state index in [4.69, 9.17) is 9.47 Å². The number of esters is 1. The summed E-state index contributed by atoms with van der Waals surface area (Å²) in [6, 6.07) is -0.0852. The first-order chi connectivity index (χ1) is 9.74. The van der Waals surface area contributed by atoms with Gasteiger partial charge in [0.15, 0.2) is 0 Å². The highest BCUT2D eigenvalue weighted by Crippen LogP contribution is 2.28. The second kappa shape index (κ2) is 7.48. The molecule has 21 heavy (non-hydrogen) atoms. The van der Waals surface area contributed by atoms with E-state index < -0.39 is 5.60 Å². The van der Waals surface area contributed by atoms with E-state index in [9.17, 15) is 9.59 Å². The van der Waals surface area contributed by atoms with Crippen molar-refractivity contribution < 1.29 is 19.1 Å². The number of ether oxygens (including phenoxy) is 2. The molecule has 0 heterocycles. The number of carbonyl (C=O) groups is 2. The predicted octanol–water partition coefficient (Wildman–Crippen LogP) is 3.29. The third kappa shape index (κ3) is 5.78. The van der Waals surface area contributed by atoms with Crippen LogP contribution in [-0.2, 0) is 14.3 Å². The van der Waals surface area contributed by atoms with E-state index in [1.807, 2.05) is 20.8 Å². The standard InChI is InChI=1S/C16H27NO4/c1-6-20-14(18)11-12-9-7-8-10-13(12)17(5)15(19)21-16(2,3)4/h11,13H,6-10H2,1-5H3/b12-11+. The Hall–Kier alpha value is -1.52. The number of nitrogens with zero attached hydrogens (tertiary/aromatic N) is 1. The Bertz CT molecular complexity index is 409. The van der Waals surface area contributed by atoms with Gasteiger partial charge in [0.1, 0.15) is 5.60 Å². The molecule has 1 unspecified atom stereocenters. The molecule has 0 aromatic carbocycles. The molecule has 5 heteroatoms. The second-order valence-electron chi connectivity index (χ2n) is 6.32. The molecule has 0 aromatic rings. The molecule has 1 saturated carbocycles. The summed E-state index contributed by atoms with van der Waals surface area (Å²) in [6.07, 6.45) is 4.91. The van der Waals surface area contributed by atoms with Crippen molar-refractivity contribution in [2.75, 3.05) is 13.7 Å². The van der Waals surface area contributed by atoms with Crippen molar-refractivity contribution >= 4 is 12.1 Å². The average molecular weight is 297 g/mol. The Morgan fingerprint density at radius 2 is 2.00 bits per heavy atom. The van der Waals surface area contributed by atoms with Crippen molar-refractivity contribution in [3.63, 3.8) is 0 Å². The Morgan fingerprint density at radius 1 is 1.33 bits per heavy atom. The molecule has 0 radical (unpaired) electrons. The highest BCUT2D eigenvalue weighted by atomic mass is 16.6. The number of amides is 1. The van der Waals surface area contributed by atoms with Gasteiger partial charge in [-0.25, -0.2) is 9.59 Å². The zero-order valence-electron chi connectivity index (χ0n) is 13.8. The first-order valence-electron chi connectivity index (χ1n) is 7.57. The van der Waals surface area contributed by atoms with Crippen LogP contribution in [0.5, 0.6) is 0 Å². The van der Waals surface area contributed by atoms with Gasteiger partial charge < -0.3 is 14.4 Å². The van der Waals surface area contributed by atoms with Crippen molar-refractivity contribution in [1.29, 1.82) is 0 Å². The summed E-state index contributed by atoms with van der Waals surface area (Å²) in [7, 11) is 1.73. The summed E-state index contributed by atoms with van der Waals surface area (Å²) in [5.74, 6) is -0.336. The monoisotopic (exact) mass is 297 g/mol. The third-order valence-corrected chi connectivity index (χ3v) is 3.36. The van der Waals surface area contributed by atoms with E-state index in [-0.39, 0.29) is 18.1 Å². The van der Waals surface area contributed by atoms with Gasteiger partial charge in [-0.3, -0.25) is 0 Å². The number of carbonyl (C=O) groups excluding carboxylic acids is 2. The van der Waals surface area contributed by atoms with Gasteiger partial charge >= 0.3 is 12.1 Å². The van der Waals surface area contributed by atoms with Gasteiger partial charge in [0.25, 0.3) is 0 Å². The van der Waals surface area contributed by atoms with Crippen molar-refractivity contribution in [2.45, 2.75) is 65.0 Å². The molecule has 0 bridgehead atoms. The fourth-order valence-corrected chi connectivity index (χ4v) is 2.43. The van der Waals surface area contributed by atoms with Crippen LogP contribution in [0, 0.1) is 0 Å². The SMILES string of the molecule is CCOC(=O)/C=C1\CCCCC1N(C)C(=O)OC(C)(C)C. The summed E-state index contributed by atoms with van der Waals surface area (Å²) in [6.45, 7) is 7.66. The highest BCUT2D eigenvalue weighted by Gasteiger charge is 2.29. The minimum Gasteiger partial charge on any atom is -0.463 e. The van der Waals surface area contributed by atoms with E-state index in [0.717, 1.165) is 31.3 Å². The van der Waals surface area contributed by atoms with Crippen molar-refractivity contribution in [3.05, 3.63) is 11.6 Å². The van der Waals surface area contributed by atoms with E-state index in [2.05, 4.69) is 0 Å². The minimum absolute atomic E-state index is 0.0852. The molecular formula is C16H27NO4. The van der Waals surface area contributed by atoms with Gasteiger partial charge in [0, 0.05) is 13.1 Å². The summed E-state index contributed by atoms with van der Waals surface area (Å²) in [5, 5.41) is 0. The van der Waals surface area contributed by atoms with Crippen LogP contribution >= 0.6 is 0 Å². The lowest BCUT2D eigenvalue weighted by Gasteiger charge is -2.34. The van der Waals surface area contributed by atoms with Crippen LogP contribution in [0.15, 0.2) is 11.6 Å². The molecule has 120 valence electrons. The quantitative estimate of drug-likeness (QED) is 0.592. The van der Waals surface area contributed by atoms with Crippen LogP contribution in [0.3, 0.4) is 0 Å². The fraction of sp³-hybridized carbons (Fsp3) is 0.750. The van der Waals surface area contributed by atoms with Gasteiger partial charge in [0.2, 0.25) is 0 Å². The fourth-order valence-electron chi connectivity index (χ4n) is 2.43. The van der Waals surface area contributed by atoms with Crippen LogP contribution in [0.25, 0.3) is 0 Å². The maximum atomic E-state index is 12.2. The Balaban J connectivity index is 2.81. The Morgan fingerprint density at radius 3 is 2.57 bits per heavy atom. The first kappa shape index (κ1) is 17.5. The number of hydrogen-bond donors (Lipinski definition) is 0. The molecule has 1 rings (SSSR count). The van der Waals surface area contributed by atoms with Gasteiger partial charge in [-0.1, -0.05) is 6.42 Å². The van der Waals surface area contributed by atoms with Crippen molar-refractivity contribution in [3.8, 4) is 0 Å². The molecule has 0 saturated heterocycles. The summed E-state index contributed by atoms with van der Waals surface area (Å²) in [4.78, 5) is 25.4. The molecule has 0 aromatic heterocycles. The first-order valence-corrected chi connectivity index (χ1v) is 7.57. The molecule has 0 spiro atoms. The predicted molar refractivity (Wildman–Crippen MR) is 81.0 cm³/mol. The molecule has 1 aliphatic rings. The molecule has 1 amide bonds. The lowest BCUT2D eigenvalue weighted by molar-refractivity contribution is -0.137. The molecule has 1 aliphatic carbocycles. The normalized spacial score (nSPS) is 21.0. The van der Waals surface area contributed by atoms with E-state index in [1.54, 1.807) is 18.9 Å². The Labute approximate surface area is 127 Å². The Kier molecular flexibility index (Phi) is 6.24. The summed E-state index contributed by atoms with van der Waals surface area (Å²) < 4.78 is 10.4. The van der Waals surface area contributed by atoms with E-state index in [1.165, 1.54) is 6.08 Å². The lowest BCUT2D eigenvalue weighted by atomic mass is 9.89. The largest absolute Gasteiger partial charge is 0.463 e. The molecule has 0 aliphatic heterocycles. The summed E-state index contributed by atoms with van der Waals surface area (Å²) >= 11 is 0. The average Bonchev–Trinajstić information content (AvgIpc) is 2.36. The van der Waals surface area contributed by atoms with Crippen LogP contribution < -0.4 is 0 Å². The molecular weight excluding hydrogens is 270 g/mol. The van der Waals surface area contributed by atoms with Crippen LogP contribution in [-0.4, -0.2) is 42.3 Å². The maximum absolute atomic E-state index is 12.2. The van der Waals surface area contributed by atoms with Gasteiger partial charge in [-0.15, -0.1) is 0 Å². The van der Waals surface area contributed by atoms with Crippen molar-refractivity contribution in [1.82, 2.24) is 4.90 Å². The van der Waals surface area contributed by atoms with Crippen LogP contribution in [0.1, 0.15) is 53.4 Å². The molecule has 1 fully saturated rings. The van der Waals surface area contributed by atoms with Crippen molar-refractivity contribution in [2.24, 2.45) is 0 Å². The molecule has 0 N–H and O–H groups in total. The topological polar surface area (TPSA) is 55.8 Å². The zero-order valence-corrected chi connectivity index (χ0v) is 13.8. The van der Waals surface area contributed by atoms with E-state index >= 15 is 0 Å². The van der Waals surface area contributed by atoms with Gasteiger partial charge in [-0.05, 0) is 52.5 Å². The lowest BCUT2D eigenvalue weighted by Crippen LogP contribution is -2.42. The minimum atomic E-state index is -0.523. The van der Waals surface area contributed by atoms with Gasteiger partial charge in [0.05, 0.1) is 12.6 Å². The summed E-state index contributed by atoms with van der Waals surface area (Å²) in [5.41, 5.74) is 0.429. The number of rotatable bonds is 3. The number of hydrogen-bond acceptors (Lipinski definition) is 4. The zero-order chi connectivity index (χ0) is 16.0. The van der Waals surface area contributed by atoms with Crippen LogP contribution in [0.2, 0.25) is 0 Å². The van der Waals surface area contributed by atoms with Gasteiger partial charge in [-0.2, -0.15) is 0 Å². The maximum Gasteiger partial charge on any atom is 0.410 e. The van der Waals surface area contributed by atoms with E-state index in [0.29, 0.717) is 6.61 Å².